The smallest absolute Gasteiger partial charge is 0.287 e. The summed E-state index contributed by atoms with van der Waals surface area (Å²) in [5.41, 5.74) is 0. The predicted molar refractivity (Wildman–Crippen MR) is 60.7 cm³/mol. The van der Waals surface area contributed by atoms with Crippen molar-refractivity contribution in [3.63, 3.8) is 0 Å². The molecule has 0 spiro atoms. The molecule has 7 heteroatoms. The van der Waals surface area contributed by atoms with E-state index in [1.54, 1.807) is 17.1 Å². The van der Waals surface area contributed by atoms with E-state index in [0.29, 0.717) is 13.1 Å². The Labute approximate surface area is 103 Å². The minimum absolute atomic E-state index is 0.206. The van der Waals surface area contributed by atoms with Gasteiger partial charge in [0, 0.05) is 19.3 Å². The van der Waals surface area contributed by atoms with Crippen molar-refractivity contribution >= 4 is 17.5 Å². The third-order valence-electron chi connectivity index (χ3n) is 2.12. The maximum Gasteiger partial charge on any atom is 0.287 e. The lowest BCUT2D eigenvalue weighted by atomic mass is 10.4. The SMILES string of the molecule is O=C(NCCCn1ccnn1)c1ccc(Cl)o1. The zero-order valence-corrected chi connectivity index (χ0v) is 9.72. The molecule has 2 heterocycles. The number of halogens is 1. The van der Waals surface area contributed by atoms with E-state index in [0.717, 1.165) is 6.42 Å². The molecular weight excluding hydrogens is 244 g/mol. The molecular formula is C10H11ClN4O2. The van der Waals surface area contributed by atoms with E-state index in [1.165, 1.54) is 12.1 Å². The van der Waals surface area contributed by atoms with Gasteiger partial charge in [-0.2, -0.15) is 0 Å². The molecule has 0 aliphatic rings. The van der Waals surface area contributed by atoms with Crippen molar-refractivity contribution in [3.05, 3.63) is 35.5 Å². The van der Waals surface area contributed by atoms with Crippen LogP contribution in [0.5, 0.6) is 0 Å². The van der Waals surface area contributed by atoms with Crippen LogP contribution in [0.15, 0.2) is 28.9 Å². The summed E-state index contributed by atoms with van der Waals surface area (Å²) in [6, 6.07) is 3.07. The van der Waals surface area contributed by atoms with Gasteiger partial charge in [-0.05, 0) is 30.2 Å². The summed E-state index contributed by atoms with van der Waals surface area (Å²) < 4.78 is 6.68. The Bertz CT molecular complexity index is 480. The molecule has 0 unspecified atom stereocenters. The average molecular weight is 255 g/mol. The molecule has 2 aromatic heterocycles. The van der Waals surface area contributed by atoms with Crippen LogP contribution in [-0.4, -0.2) is 27.4 Å². The van der Waals surface area contributed by atoms with E-state index < -0.39 is 0 Å². The van der Waals surface area contributed by atoms with Gasteiger partial charge in [-0.25, -0.2) is 0 Å². The molecule has 0 aliphatic carbocycles. The van der Waals surface area contributed by atoms with Gasteiger partial charge in [0.05, 0.1) is 6.20 Å². The van der Waals surface area contributed by atoms with Crippen molar-refractivity contribution in [2.24, 2.45) is 0 Å². The lowest BCUT2D eigenvalue weighted by molar-refractivity contribution is 0.0925. The van der Waals surface area contributed by atoms with Crippen LogP contribution in [0.2, 0.25) is 5.22 Å². The molecule has 17 heavy (non-hydrogen) atoms. The number of amides is 1. The Balaban J connectivity index is 1.70. The molecule has 0 fully saturated rings. The van der Waals surface area contributed by atoms with Crippen molar-refractivity contribution in [2.45, 2.75) is 13.0 Å². The number of furan rings is 1. The first-order chi connectivity index (χ1) is 8.25. The maximum absolute atomic E-state index is 11.5. The highest BCUT2D eigenvalue weighted by Crippen LogP contribution is 2.12. The molecule has 0 aliphatic heterocycles. The monoisotopic (exact) mass is 254 g/mol. The second kappa shape index (κ2) is 5.49. The van der Waals surface area contributed by atoms with Crippen LogP contribution in [0.4, 0.5) is 0 Å². The Morgan fingerprint density at radius 1 is 1.53 bits per heavy atom. The summed E-state index contributed by atoms with van der Waals surface area (Å²) >= 11 is 5.57. The van der Waals surface area contributed by atoms with Gasteiger partial charge in [0.15, 0.2) is 11.0 Å². The number of carbonyl (C=O) groups excluding carboxylic acids is 1. The predicted octanol–water partition coefficient (Wildman–Crippen LogP) is 1.34. The molecule has 6 nitrogen and oxygen atoms in total. The fourth-order valence-corrected chi connectivity index (χ4v) is 1.46. The summed E-state index contributed by atoms with van der Waals surface area (Å²) in [6.45, 7) is 1.25. The van der Waals surface area contributed by atoms with Gasteiger partial charge in [-0.3, -0.25) is 9.48 Å². The summed E-state index contributed by atoms with van der Waals surface area (Å²) in [5.74, 6) is -0.0498. The molecule has 2 aromatic rings. The van der Waals surface area contributed by atoms with E-state index >= 15 is 0 Å². The zero-order valence-electron chi connectivity index (χ0n) is 8.97. The average Bonchev–Trinajstić information content (AvgIpc) is 2.95. The second-order valence-corrected chi connectivity index (χ2v) is 3.75. The van der Waals surface area contributed by atoms with Crippen LogP contribution < -0.4 is 5.32 Å². The molecule has 2 rings (SSSR count). The standard InChI is InChI=1S/C10H11ClN4O2/c11-9-3-2-8(17-9)10(16)12-4-1-6-15-7-5-13-14-15/h2-3,5,7H,1,4,6H2,(H,12,16). The number of aryl methyl sites for hydroxylation is 1. The molecule has 1 amide bonds. The topological polar surface area (TPSA) is 73.0 Å². The number of hydrogen-bond acceptors (Lipinski definition) is 4. The molecule has 0 saturated carbocycles. The largest absolute Gasteiger partial charge is 0.440 e. The van der Waals surface area contributed by atoms with Gasteiger partial charge in [0.2, 0.25) is 0 Å². The first-order valence-electron chi connectivity index (χ1n) is 5.13. The summed E-state index contributed by atoms with van der Waals surface area (Å²) in [5, 5.41) is 10.4. The van der Waals surface area contributed by atoms with E-state index in [1.807, 2.05) is 0 Å². The highest BCUT2D eigenvalue weighted by molar-refractivity contribution is 6.29. The number of nitrogens with one attached hydrogen (secondary N) is 1. The van der Waals surface area contributed by atoms with Crippen LogP contribution in [-0.2, 0) is 6.54 Å². The van der Waals surface area contributed by atoms with Gasteiger partial charge in [0.1, 0.15) is 0 Å². The zero-order chi connectivity index (χ0) is 12.1. The lowest BCUT2D eigenvalue weighted by Gasteiger charge is -2.02. The van der Waals surface area contributed by atoms with Crippen molar-refractivity contribution in [2.75, 3.05) is 6.54 Å². The van der Waals surface area contributed by atoms with Crippen LogP contribution in [0.25, 0.3) is 0 Å². The quantitative estimate of drug-likeness (QED) is 0.818. The molecule has 0 radical (unpaired) electrons. The van der Waals surface area contributed by atoms with E-state index in [9.17, 15) is 4.79 Å². The van der Waals surface area contributed by atoms with Gasteiger partial charge in [-0.15, -0.1) is 5.10 Å². The highest BCUT2D eigenvalue weighted by Gasteiger charge is 2.09. The summed E-state index contributed by atoms with van der Waals surface area (Å²) in [4.78, 5) is 11.5. The fourth-order valence-electron chi connectivity index (χ4n) is 1.32. The molecule has 0 bridgehead atoms. The van der Waals surface area contributed by atoms with E-state index in [-0.39, 0.29) is 16.9 Å². The molecule has 90 valence electrons. The maximum atomic E-state index is 11.5. The van der Waals surface area contributed by atoms with Gasteiger partial charge in [0.25, 0.3) is 5.91 Å². The van der Waals surface area contributed by atoms with E-state index in [2.05, 4.69) is 15.6 Å². The van der Waals surface area contributed by atoms with Crippen molar-refractivity contribution < 1.29 is 9.21 Å². The highest BCUT2D eigenvalue weighted by atomic mass is 35.5. The minimum atomic E-state index is -0.268. The van der Waals surface area contributed by atoms with Crippen LogP contribution in [0, 0.1) is 0 Å². The molecule has 0 aromatic carbocycles. The molecule has 1 N–H and O–H groups in total. The molecule has 0 saturated heterocycles. The van der Waals surface area contributed by atoms with E-state index in [4.69, 9.17) is 16.0 Å². The van der Waals surface area contributed by atoms with Crippen molar-refractivity contribution in [3.8, 4) is 0 Å². The number of hydrogen-bond donors (Lipinski definition) is 1. The normalized spacial score (nSPS) is 10.4. The van der Waals surface area contributed by atoms with Gasteiger partial charge >= 0.3 is 0 Å². The van der Waals surface area contributed by atoms with Gasteiger partial charge in [-0.1, -0.05) is 5.21 Å². The lowest BCUT2D eigenvalue weighted by Crippen LogP contribution is -2.24. The van der Waals surface area contributed by atoms with Gasteiger partial charge < -0.3 is 9.73 Å². The third kappa shape index (κ3) is 3.32. The third-order valence-corrected chi connectivity index (χ3v) is 2.32. The fraction of sp³-hybridized carbons (Fsp3) is 0.300. The van der Waals surface area contributed by atoms with Crippen LogP contribution >= 0.6 is 11.6 Å². The Hall–Kier alpha value is -1.82. The number of carbonyl (C=O) groups is 1. The second-order valence-electron chi connectivity index (χ2n) is 3.38. The minimum Gasteiger partial charge on any atom is -0.440 e. The Morgan fingerprint density at radius 2 is 2.41 bits per heavy atom. The summed E-state index contributed by atoms with van der Waals surface area (Å²) in [6.07, 6.45) is 4.15. The van der Waals surface area contributed by atoms with Crippen molar-refractivity contribution in [1.82, 2.24) is 20.3 Å². The number of nitrogens with zero attached hydrogens (tertiary/aromatic N) is 3. The molecule has 0 atom stereocenters. The van der Waals surface area contributed by atoms with Crippen LogP contribution in [0.3, 0.4) is 0 Å². The van der Waals surface area contributed by atoms with Crippen molar-refractivity contribution in [1.29, 1.82) is 0 Å². The number of rotatable bonds is 5. The Morgan fingerprint density at radius 3 is 3.06 bits per heavy atom. The first-order valence-corrected chi connectivity index (χ1v) is 5.51. The summed E-state index contributed by atoms with van der Waals surface area (Å²) in [7, 11) is 0. The van der Waals surface area contributed by atoms with Crippen LogP contribution in [0.1, 0.15) is 17.0 Å². The first kappa shape index (κ1) is 11.7. The Kier molecular flexibility index (Phi) is 3.77. The number of aromatic nitrogens is 3.